The van der Waals surface area contributed by atoms with Gasteiger partial charge in [-0.3, -0.25) is 0 Å². The largest absolute Gasteiger partial charge is 0.333 e. The lowest BCUT2D eigenvalue weighted by Gasteiger charge is -2.30. The maximum absolute atomic E-state index is 5.75. The molecule has 98 valence electrons. The van der Waals surface area contributed by atoms with Gasteiger partial charge in [-0.2, -0.15) is 0 Å². The Bertz CT molecular complexity index is 171. The van der Waals surface area contributed by atoms with Crippen LogP contribution >= 0.6 is 8.60 Å². The maximum atomic E-state index is 5.75. The molecule has 0 saturated carbocycles. The number of nitrogens with one attached hydrogen (secondary N) is 1. The fourth-order valence-corrected chi connectivity index (χ4v) is 2.02. The van der Waals surface area contributed by atoms with Gasteiger partial charge in [0.05, 0.1) is 17.8 Å². The molecule has 0 heterocycles. The molecule has 0 spiro atoms. The monoisotopic (exact) mass is 251 g/mol. The van der Waals surface area contributed by atoms with E-state index in [0.717, 1.165) is 6.54 Å². The summed E-state index contributed by atoms with van der Waals surface area (Å²) in [5, 5.41) is 3.02. The van der Waals surface area contributed by atoms with E-state index in [1.165, 1.54) is 0 Å². The summed E-state index contributed by atoms with van der Waals surface area (Å²) in [6.45, 7) is 13.4. The van der Waals surface area contributed by atoms with Crippen molar-refractivity contribution in [1.82, 2.24) is 5.32 Å². The highest BCUT2D eigenvalue weighted by molar-refractivity contribution is 7.41. The van der Waals surface area contributed by atoms with Crippen LogP contribution in [-0.4, -0.2) is 31.4 Å². The van der Waals surface area contributed by atoms with Crippen molar-refractivity contribution in [3.8, 4) is 0 Å². The van der Waals surface area contributed by atoms with Gasteiger partial charge in [0, 0.05) is 6.54 Å². The van der Waals surface area contributed by atoms with Crippen LogP contribution in [0.3, 0.4) is 0 Å². The van der Waals surface area contributed by atoms with Crippen LogP contribution in [0.15, 0.2) is 0 Å². The number of hydrogen-bond acceptors (Lipinski definition) is 4. The Morgan fingerprint density at radius 3 is 1.69 bits per heavy atom. The Kier molecular flexibility index (Phi) is 6.99. The summed E-state index contributed by atoms with van der Waals surface area (Å²) in [7, 11) is 0.601. The quantitative estimate of drug-likeness (QED) is 0.581. The van der Waals surface area contributed by atoms with Crippen molar-refractivity contribution < 1.29 is 13.6 Å². The Hall–Kier alpha value is 0.270. The van der Waals surface area contributed by atoms with Gasteiger partial charge in [0.2, 0.25) is 0 Å². The van der Waals surface area contributed by atoms with Gasteiger partial charge in [0.1, 0.15) is 0 Å². The first-order valence-electron chi connectivity index (χ1n) is 5.60. The molecule has 0 rings (SSSR count). The molecule has 0 bridgehead atoms. The van der Waals surface area contributed by atoms with Gasteiger partial charge in [-0.1, -0.05) is 0 Å². The molecule has 5 heteroatoms. The van der Waals surface area contributed by atoms with Gasteiger partial charge in [-0.15, -0.1) is 0 Å². The van der Waals surface area contributed by atoms with E-state index in [-0.39, 0.29) is 11.2 Å². The predicted octanol–water partition coefficient (Wildman–Crippen LogP) is 3.08. The number of likely N-dealkylation sites (N-methyl/N-ethyl adjacent to an activating group) is 1. The minimum absolute atomic E-state index is 0.253. The van der Waals surface area contributed by atoms with Crippen LogP contribution in [0.1, 0.15) is 41.5 Å². The minimum Gasteiger partial charge on any atom is -0.317 e. The number of rotatable bonds is 6. The van der Waals surface area contributed by atoms with Crippen molar-refractivity contribution in [2.24, 2.45) is 0 Å². The van der Waals surface area contributed by atoms with Crippen molar-refractivity contribution in [3.63, 3.8) is 0 Å². The standard InChI is InChI=1S/C11H26NO3P/c1-10(2,3)14-16(13-9-8-12-7)15-11(4,5)6/h12H,8-9H2,1-7H3. The van der Waals surface area contributed by atoms with Crippen molar-refractivity contribution >= 4 is 8.60 Å². The third kappa shape index (κ3) is 10.8. The zero-order valence-corrected chi connectivity index (χ0v) is 12.5. The van der Waals surface area contributed by atoms with Crippen molar-refractivity contribution in [1.29, 1.82) is 0 Å². The summed E-state index contributed by atoms with van der Waals surface area (Å²) in [5.74, 6) is 0. The van der Waals surface area contributed by atoms with Crippen molar-refractivity contribution in [2.75, 3.05) is 20.2 Å². The first-order chi connectivity index (χ1) is 7.14. The molecule has 0 atom stereocenters. The molecule has 0 fully saturated rings. The van der Waals surface area contributed by atoms with Crippen LogP contribution in [0.2, 0.25) is 0 Å². The highest BCUT2D eigenvalue weighted by Gasteiger charge is 2.26. The van der Waals surface area contributed by atoms with E-state index in [1.807, 2.05) is 48.6 Å². The molecule has 0 amide bonds. The molecule has 4 nitrogen and oxygen atoms in total. The normalized spacial score (nSPS) is 13.5. The molecule has 0 aromatic carbocycles. The highest BCUT2D eigenvalue weighted by Crippen LogP contribution is 2.46. The van der Waals surface area contributed by atoms with Gasteiger partial charge < -0.3 is 18.9 Å². The molecule has 16 heavy (non-hydrogen) atoms. The summed E-state index contributed by atoms with van der Waals surface area (Å²) < 4.78 is 17.1. The third-order valence-electron chi connectivity index (χ3n) is 1.25. The van der Waals surface area contributed by atoms with Gasteiger partial charge >= 0.3 is 8.60 Å². The Morgan fingerprint density at radius 2 is 1.38 bits per heavy atom. The summed E-state index contributed by atoms with van der Waals surface area (Å²) in [5.41, 5.74) is -0.507. The molecular formula is C11H26NO3P. The first-order valence-corrected chi connectivity index (χ1v) is 6.69. The van der Waals surface area contributed by atoms with Crippen LogP contribution in [0.4, 0.5) is 0 Å². The lowest BCUT2D eigenvalue weighted by Crippen LogP contribution is -2.23. The minimum atomic E-state index is -1.29. The average Bonchev–Trinajstić information content (AvgIpc) is 1.97. The maximum Gasteiger partial charge on any atom is 0.333 e. The first kappa shape index (κ1) is 16.3. The fourth-order valence-electron chi connectivity index (χ4n) is 0.741. The SMILES string of the molecule is CNCCOP(OC(C)(C)C)OC(C)(C)C. The predicted molar refractivity (Wildman–Crippen MR) is 68.5 cm³/mol. The lowest BCUT2D eigenvalue weighted by atomic mass is 10.2. The van der Waals surface area contributed by atoms with E-state index < -0.39 is 8.60 Å². The molecular weight excluding hydrogens is 225 g/mol. The van der Waals surface area contributed by atoms with Crippen LogP contribution in [0, 0.1) is 0 Å². The lowest BCUT2D eigenvalue weighted by molar-refractivity contribution is 0.0335. The van der Waals surface area contributed by atoms with Gasteiger partial charge in [-0.25, -0.2) is 0 Å². The second kappa shape index (κ2) is 6.87. The zero-order chi connectivity index (χ0) is 12.8. The van der Waals surface area contributed by atoms with Crippen LogP contribution in [-0.2, 0) is 13.6 Å². The second-order valence-electron chi connectivity index (χ2n) is 5.57. The summed E-state index contributed by atoms with van der Waals surface area (Å²) in [6.07, 6.45) is 0. The molecule has 1 N–H and O–H groups in total. The molecule has 0 aromatic rings. The molecule has 0 aliphatic heterocycles. The molecule has 0 aliphatic carbocycles. The van der Waals surface area contributed by atoms with Crippen molar-refractivity contribution in [2.45, 2.75) is 52.7 Å². The number of hydrogen-bond donors (Lipinski definition) is 1. The summed E-state index contributed by atoms with van der Waals surface area (Å²) in [4.78, 5) is 0. The van der Waals surface area contributed by atoms with Crippen molar-refractivity contribution in [3.05, 3.63) is 0 Å². The smallest absolute Gasteiger partial charge is 0.317 e. The molecule has 0 unspecified atom stereocenters. The third-order valence-corrected chi connectivity index (χ3v) is 3.03. The Morgan fingerprint density at radius 1 is 0.938 bits per heavy atom. The zero-order valence-electron chi connectivity index (χ0n) is 11.6. The van der Waals surface area contributed by atoms with E-state index >= 15 is 0 Å². The Labute approximate surface area is 101 Å². The molecule has 0 aliphatic rings. The van der Waals surface area contributed by atoms with E-state index in [1.54, 1.807) is 0 Å². The fraction of sp³-hybridized carbons (Fsp3) is 1.00. The highest BCUT2D eigenvalue weighted by atomic mass is 31.2. The van der Waals surface area contributed by atoms with Crippen LogP contribution in [0.25, 0.3) is 0 Å². The average molecular weight is 251 g/mol. The van der Waals surface area contributed by atoms with Crippen LogP contribution < -0.4 is 5.32 Å². The van der Waals surface area contributed by atoms with Gasteiger partial charge in [0.25, 0.3) is 0 Å². The van der Waals surface area contributed by atoms with Gasteiger partial charge in [0.15, 0.2) is 0 Å². The van der Waals surface area contributed by atoms with E-state index in [0.29, 0.717) is 6.61 Å². The topological polar surface area (TPSA) is 39.7 Å². The molecule has 0 saturated heterocycles. The van der Waals surface area contributed by atoms with E-state index in [9.17, 15) is 0 Å². The summed E-state index contributed by atoms with van der Waals surface area (Å²) >= 11 is 0. The van der Waals surface area contributed by atoms with Gasteiger partial charge in [-0.05, 0) is 48.6 Å². The second-order valence-corrected chi connectivity index (χ2v) is 6.64. The molecule has 0 aromatic heterocycles. The molecule has 0 radical (unpaired) electrons. The van der Waals surface area contributed by atoms with Crippen LogP contribution in [0.5, 0.6) is 0 Å². The Balaban J connectivity index is 4.17. The summed E-state index contributed by atoms with van der Waals surface area (Å²) in [6, 6.07) is 0. The van der Waals surface area contributed by atoms with E-state index in [4.69, 9.17) is 13.6 Å². The van der Waals surface area contributed by atoms with E-state index in [2.05, 4.69) is 5.32 Å².